The second kappa shape index (κ2) is 7.78. The molecule has 0 bridgehead atoms. The molecule has 6 nitrogen and oxygen atoms in total. The minimum atomic E-state index is -4.46. The first-order chi connectivity index (χ1) is 7.95. The van der Waals surface area contributed by atoms with Crippen LogP contribution in [0.1, 0.15) is 24.2 Å². The number of rotatable bonds is 5. The summed E-state index contributed by atoms with van der Waals surface area (Å²) in [6.07, 6.45) is -0.0140. The van der Waals surface area contributed by atoms with Crippen molar-refractivity contribution in [1.82, 2.24) is 0 Å². The van der Waals surface area contributed by atoms with Crippen LogP contribution in [-0.2, 0) is 10.1 Å². The molecule has 0 aliphatic carbocycles. The summed E-state index contributed by atoms with van der Waals surface area (Å²) in [5, 5.41) is 2.20. The second-order valence-corrected chi connectivity index (χ2v) is 5.24. The first-order valence-electron chi connectivity index (χ1n) is 4.99. The van der Waals surface area contributed by atoms with Crippen LogP contribution in [0.15, 0.2) is 35.4 Å². The summed E-state index contributed by atoms with van der Waals surface area (Å²) in [5.74, 6) is 0. The van der Waals surface area contributed by atoms with Gasteiger partial charge in [0.25, 0.3) is 0 Å². The SMILES string of the molecule is C[C@@H](C[C@H](c1ccccc1)S(=O)(=O)[O-])N=[N+]=[N-].[Na+]. The van der Waals surface area contributed by atoms with E-state index in [-0.39, 0.29) is 36.0 Å². The standard InChI is InChI=1S/C10H13N3O3S.Na/c1-8(12-13-11)7-10(17(14,15)16)9-5-3-2-4-6-9;/h2-6,8,10H,7H2,1H3,(H,14,15,16);/q;+1/p-1/t8-,10+;/m0./s1. The van der Waals surface area contributed by atoms with Crippen molar-refractivity contribution >= 4 is 10.1 Å². The molecule has 92 valence electrons. The van der Waals surface area contributed by atoms with E-state index in [1.165, 1.54) is 0 Å². The van der Waals surface area contributed by atoms with Gasteiger partial charge < -0.3 is 4.55 Å². The van der Waals surface area contributed by atoms with Crippen LogP contribution in [-0.4, -0.2) is 19.0 Å². The van der Waals surface area contributed by atoms with Gasteiger partial charge in [-0.15, -0.1) is 0 Å². The summed E-state index contributed by atoms with van der Waals surface area (Å²) in [6, 6.07) is 7.65. The fraction of sp³-hybridized carbons (Fsp3) is 0.400. The van der Waals surface area contributed by atoms with Gasteiger partial charge in [0.1, 0.15) is 10.1 Å². The summed E-state index contributed by atoms with van der Waals surface area (Å²) >= 11 is 0. The van der Waals surface area contributed by atoms with Crippen LogP contribution >= 0.6 is 0 Å². The van der Waals surface area contributed by atoms with E-state index in [0.29, 0.717) is 5.56 Å². The van der Waals surface area contributed by atoms with E-state index in [0.717, 1.165) is 0 Å². The van der Waals surface area contributed by atoms with Gasteiger partial charge in [-0.05, 0) is 17.5 Å². The molecule has 0 aliphatic heterocycles. The zero-order valence-electron chi connectivity index (χ0n) is 10.2. The summed E-state index contributed by atoms with van der Waals surface area (Å²) in [6.45, 7) is 1.57. The van der Waals surface area contributed by atoms with Crippen molar-refractivity contribution in [2.45, 2.75) is 24.6 Å². The second-order valence-electron chi connectivity index (χ2n) is 3.68. The first-order valence-corrected chi connectivity index (χ1v) is 6.46. The van der Waals surface area contributed by atoms with E-state index in [4.69, 9.17) is 5.53 Å². The third-order valence-electron chi connectivity index (χ3n) is 2.32. The van der Waals surface area contributed by atoms with Gasteiger partial charge in [-0.2, -0.15) is 0 Å². The maximum atomic E-state index is 11.2. The molecular weight excluding hydrogens is 265 g/mol. The summed E-state index contributed by atoms with van der Waals surface area (Å²) in [4.78, 5) is 2.59. The Labute approximate surface area is 128 Å². The summed E-state index contributed by atoms with van der Waals surface area (Å²) < 4.78 is 33.5. The average Bonchev–Trinajstić information content (AvgIpc) is 2.26. The van der Waals surface area contributed by atoms with Crippen LogP contribution in [0.3, 0.4) is 0 Å². The van der Waals surface area contributed by atoms with Gasteiger partial charge in [0.05, 0.1) is 5.25 Å². The molecule has 0 heterocycles. The molecule has 18 heavy (non-hydrogen) atoms. The van der Waals surface area contributed by atoms with Crippen molar-refractivity contribution in [2.75, 3.05) is 0 Å². The quantitative estimate of drug-likeness (QED) is 0.235. The van der Waals surface area contributed by atoms with E-state index in [1.807, 2.05) is 0 Å². The van der Waals surface area contributed by atoms with Gasteiger partial charge in [0, 0.05) is 11.0 Å². The van der Waals surface area contributed by atoms with E-state index in [1.54, 1.807) is 37.3 Å². The predicted octanol–water partition coefficient (Wildman–Crippen LogP) is -0.634. The molecule has 0 fully saturated rings. The van der Waals surface area contributed by atoms with Crippen molar-refractivity contribution in [1.29, 1.82) is 0 Å². The maximum Gasteiger partial charge on any atom is 1.00 e. The topological polar surface area (TPSA) is 106 Å². The zero-order valence-corrected chi connectivity index (χ0v) is 13.0. The Balaban J connectivity index is 0.00000289. The van der Waals surface area contributed by atoms with Crippen LogP contribution in [0, 0.1) is 0 Å². The van der Waals surface area contributed by atoms with Crippen molar-refractivity contribution in [2.24, 2.45) is 5.11 Å². The van der Waals surface area contributed by atoms with Crippen molar-refractivity contribution < 1.29 is 42.5 Å². The number of hydrogen-bond acceptors (Lipinski definition) is 4. The molecule has 0 radical (unpaired) electrons. The molecule has 1 aromatic rings. The molecule has 2 atom stereocenters. The smallest absolute Gasteiger partial charge is 0.747 e. The van der Waals surface area contributed by atoms with Gasteiger partial charge in [0.15, 0.2) is 0 Å². The molecule has 0 saturated heterocycles. The minimum Gasteiger partial charge on any atom is -0.747 e. The van der Waals surface area contributed by atoms with Crippen LogP contribution in [0.25, 0.3) is 10.4 Å². The Kier molecular flexibility index (Phi) is 7.54. The monoisotopic (exact) mass is 277 g/mol. The Bertz CT molecular complexity index is 514. The number of hydrogen-bond donors (Lipinski definition) is 0. The van der Waals surface area contributed by atoms with Crippen molar-refractivity contribution in [3.8, 4) is 0 Å². The third-order valence-corrected chi connectivity index (χ3v) is 3.49. The molecular formula is C10H12N3NaO3S. The fourth-order valence-corrected chi connectivity index (χ4v) is 2.54. The molecule has 1 aromatic carbocycles. The van der Waals surface area contributed by atoms with Gasteiger partial charge in [-0.1, -0.05) is 42.4 Å². The Morgan fingerprint density at radius 2 is 1.94 bits per heavy atom. The molecule has 0 unspecified atom stereocenters. The van der Waals surface area contributed by atoms with E-state index in [9.17, 15) is 13.0 Å². The fourth-order valence-electron chi connectivity index (χ4n) is 1.53. The summed E-state index contributed by atoms with van der Waals surface area (Å²) in [5.41, 5.74) is 8.67. The number of benzene rings is 1. The molecule has 0 aliphatic rings. The minimum absolute atomic E-state index is 0. The van der Waals surface area contributed by atoms with Crippen LogP contribution in [0.5, 0.6) is 0 Å². The molecule has 0 saturated carbocycles. The molecule has 0 aromatic heterocycles. The first kappa shape index (κ1) is 17.4. The van der Waals surface area contributed by atoms with Crippen molar-refractivity contribution in [3.63, 3.8) is 0 Å². The maximum absolute atomic E-state index is 11.2. The number of azide groups is 1. The normalized spacial score (nSPS) is 13.9. The van der Waals surface area contributed by atoms with E-state index < -0.39 is 21.4 Å². The van der Waals surface area contributed by atoms with Crippen LogP contribution < -0.4 is 29.6 Å². The largest absolute Gasteiger partial charge is 1.00 e. The Hall–Kier alpha value is -0.560. The molecule has 0 spiro atoms. The molecule has 0 amide bonds. The Morgan fingerprint density at radius 1 is 1.39 bits per heavy atom. The molecule has 8 heteroatoms. The third kappa shape index (κ3) is 5.39. The molecule has 1 rings (SSSR count). The van der Waals surface area contributed by atoms with Crippen molar-refractivity contribution in [3.05, 3.63) is 46.3 Å². The Morgan fingerprint density at radius 3 is 2.39 bits per heavy atom. The number of nitrogens with zero attached hydrogens (tertiary/aromatic N) is 3. The van der Waals surface area contributed by atoms with Gasteiger partial charge in [-0.3, -0.25) is 0 Å². The van der Waals surface area contributed by atoms with Gasteiger partial charge >= 0.3 is 29.6 Å². The predicted molar refractivity (Wildman–Crippen MR) is 62.1 cm³/mol. The van der Waals surface area contributed by atoms with Gasteiger partial charge in [-0.25, -0.2) is 8.42 Å². The van der Waals surface area contributed by atoms with Gasteiger partial charge in [0.2, 0.25) is 0 Å². The zero-order chi connectivity index (χ0) is 12.9. The van der Waals surface area contributed by atoms with Crippen LogP contribution in [0.4, 0.5) is 0 Å². The van der Waals surface area contributed by atoms with Crippen LogP contribution in [0.2, 0.25) is 0 Å². The van der Waals surface area contributed by atoms with E-state index in [2.05, 4.69) is 10.0 Å². The van der Waals surface area contributed by atoms with E-state index >= 15 is 0 Å². The average molecular weight is 277 g/mol. The summed E-state index contributed by atoms with van der Waals surface area (Å²) in [7, 11) is -4.46. The molecule has 0 N–H and O–H groups in total.